The fourth-order valence-corrected chi connectivity index (χ4v) is 1.10. The van der Waals surface area contributed by atoms with Crippen LogP contribution in [-0.2, 0) is 4.74 Å². The molecule has 1 rings (SSSR count). The molecule has 0 spiro atoms. The Labute approximate surface area is 73.4 Å². The summed E-state index contributed by atoms with van der Waals surface area (Å²) in [7, 11) is 0. The monoisotopic (exact) mass is 196 g/mol. The molecule has 6 N–H and O–H groups in total. The third-order valence-electron chi connectivity index (χ3n) is 1.99. The lowest BCUT2D eigenvalue weighted by atomic mass is 9.96. The first-order chi connectivity index (χ1) is 5.91. The van der Waals surface area contributed by atoms with Crippen LogP contribution in [0.25, 0.3) is 0 Å². The van der Waals surface area contributed by atoms with Gasteiger partial charge in [-0.05, 0) is 0 Å². The van der Waals surface area contributed by atoms with Gasteiger partial charge < -0.3 is 35.4 Å². The molecular formula is C6H12O7. The molecule has 0 saturated carbocycles. The van der Waals surface area contributed by atoms with E-state index in [1.165, 1.54) is 0 Å². The Morgan fingerprint density at radius 3 is 2.15 bits per heavy atom. The van der Waals surface area contributed by atoms with Crippen LogP contribution in [-0.4, -0.2) is 67.6 Å². The Balaban J connectivity index is 2.79. The van der Waals surface area contributed by atoms with Crippen molar-refractivity contribution in [2.75, 3.05) is 6.61 Å². The normalized spacial score (nSPS) is 44.8. The predicted molar refractivity (Wildman–Crippen MR) is 37.1 cm³/mol. The van der Waals surface area contributed by atoms with Crippen LogP contribution in [0.1, 0.15) is 0 Å². The summed E-state index contributed by atoms with van der Waals surface area (Å²) in [5, 5.41) is 53.7. The number of aliphatic hydroxyl groups excluding tert-OH is 4. The van der Waals surface area contributed by atoms with Crippen LogP contribution in [0.5, 0.6) is 0 Å². The molecule has 0 bridgehead atoms. The van der Waals surface area contributed by atoms with E-state index in [0.717, 1.165) is 0 Å². The first kappa shape index (κ1) is 10.8. The van der Waals surface area contributed by atoms with Crippen molar-refractivity contribution in [3.05, 3.63) is 0 Å². The summed E-state index contributed by atoms with van der Waals surface area (Å²) < 4.78 is 4.43. The van der Waals surface area contributed by atoms with Gasteiger partial charge in [-0.1, -0.05) is 0 Å². The zero-order valence-electron chi connectivity index (χ0n) is 6.61. The molecule has 0 radical (unpaired) electrons. The zero-order valence-corrected chi connectivity index (χ0v) is 6.61. The highest BCUT2D eigenvalue weighted by Gasteiger charge is 2.53. The van der Waals surface area contributed by atoms with E-state index in [4.69, 9.17) is 30.6 Å². The van der Waals surface area contributed by atoms with Gasteiger partial charge in [0.05, 0.1) is 6.61 Å². The average Bonchev–Trinajstić information content (AvgIpc) is 2.09. The molecule has 0 aliphatic carbocycles. The summed E-state index contributed by atoms with van der Waals surface area (Å²) in [6, 6.07) is 0. The van der Waals surface area contributed by atoms with Gasteiger partial charge in [0.2, 0.25) is 12.1 Å². The highest BCUT2D eigenvalue weighted by molar-refractivity contribution is 4.92. The number of hydrogen-bond acceptors (Lipinski definition) is 7. The molecule has 1 heterocycles. The maximum atomic E-state index is 9.12. The second-order valence-electron chi connectivity index (χ2n) is 2.93. The Hall–Kier alpha value is -0.280. The van der Waals surface area contributed by atoms with Crippen molar-refractivity contribution in [2.24, 2.45) is 0 Å². The molecule has 1 aliphatic rings. The molecule has 7 heteroatoms. The Kier molecular flexibility index (Phi) is 2.88. The molecule has 4 atom stereocenters. The predicted octanol–water partition coefficient (Wildman–Crippen LogP) is -3.90. The van der Waals surface area contributed by atoms with Crippen LogP contribution in [0.15, 0.2) is 0 Å². The lowest BCUT2D eigenvalue weighted by Crippen LogP contribution is -2.66. The lowest BCUT2D eigenvalue weighted by molar-refractivity contribution is -0.395. The van der Waals surface area contributed by atoms with E-state index in [-0.39, 0.29) is 0 Å². The smallest absolute Gasteiger partial charge is 0.245 e. The quantitative estimate of drug-likeness (QED) is 0.236. The van der Waals surface area contributed by atoms with Crippen molar-refractivity contribution >= 4 is 0 Å². The van der Waals surface area contributed by atoms with Crippen LogP contribution in [0.3, 0.4) is 0 Å². The van der Waals surface area contributed by atoms with Crippen molar-refractivity contribution in [3.8, 4) is 0 Å². The van der Waals surface area contributed by atoms with E-state index in [9.17, 15) is 0 Å². The highest BCUT2D eigenvalue weighted by Crippen LogP contribution is 2.26. The number of ether oxygens (including phenoxy) is 1. The molecule has 13 heavy (non-hydrogen) atoms. The lowest BCUT2D eigenvalue weighted by Gasteiger charge is -2.42. The van der Waals surface area contributed by atoms with Crippen LogP contribution in [0.2, 0.25) is 0 Å². The molecular weight excluding hydrogens is 184 g/mol. The van der Waals surface area contributed by atoms with E-state index < -0.39 is 37.0 Å². The number of hydrogen-bond donors (Lipinski definition) is 6. The molecule has 1 aliphatic heterocycles. The van der Waals surface area contributed by atoms with Gasteiger partial charge >= 0.3 is 0 Å². The minimum atomic E-state index is -2.93. The minimum absolute atomic E-state index is 0.647. The molecule has 0 aromatic carbocycles. The molecule has 0 aromatic rings. The van der Waals surface area contributed by atoms with Gasteiger partial charge in [0.15, 0.2) is 0 Å². The molecule has 1 saturated heterocycles. The SMILES string of the molecule is OC[C@H]1O[C@H](O)C(O)(O)[C@@H](O)[C@H]1O. The Morgan fingerprint density at radius 1 is 1.15 bits per heavy atom. The van der Waals surface area contributed by atoms with E-state index in [0.29, 0.717) is 0 Å². The highest BCUT2D eigenvalue weighted by atomic mass is 16.7. The van der Waals surface area contributed by atoms with Crippen molar-refractivity contribution in [1.82, 2.24) is 0 Å². The summed E-state index contributed by atoms with van der Waals surface area (Å²) in [5.74, 6) is -2.93. The van der Waals surface area contributed by atoms with E-state index in [1.54, 1.807) is 0 Å². The second-order valence-corrected chi connectivity index (χ2v) is 2.93. The summed E-state index contributed by atoms with van der Waals surface area (Å²) in [6.45, 7) is -0.647. The van der Waals surface area contributed by atoms with Crippen LogP contribution in [0, 0.1) is 0 Å². The number of aliphatic hydroxyl groups is 6. The first-order valence-corrected chi connectivity index (χ1v) is 3.66. The summed E-state index contributed by atoms with van der Waals surface area (Å²) in [4.78, 5) is 0. The van der Waals surface area contributed by atoms with Gasteiger partial charge in [0.1, 0.15) is 18.3 Å². The third kappa shape index (κ3) is 1.67. The molecule has 0 unspecified atom stereocenters. The fourth-order valence-electron chi connectivity index (χ4n) is 1.10. The summed E-state index contributed by atoms with van der Waals surface area (Å²) in [6.07, 6.45) is -6.96. The van der Waals surface area contributed by atoms with Gasteiger partial charge in [-0.15, -0.1) is 0 Å². The summed E-state index contributed by atoms with van der Waals surface area (Å²) in [5.41, 5.74) is 0. The van der Waals surface area contributed by atoms with Crippen LogP contribution in [0.4, 0.5) is 0 Å². The maximum absolute atomic E-state index is 9.12. The van der Waals surface area contributed by atoms with Gasteiger partial charge in [-0.2, -0.15) is 0 Å². The maximum Gasteiger partial charge on any atom is 0.245 e. The topological polar surface area (TPSA) is 131 Å². The van der Waals surface area contributed by atoms with E-state index >= 15 is 0 Å². The molecule has 78 valence electrons. The Morgan fingerprint density at radius 2 is 1.69 bits per heavy atom. The van der Waals surface area contributed by atoms with Gasteiger partial charge in [-0.25, -0.2) is 0 Å². The van der Waals surface area contributed by atoms with Crippen molar-refractivity contribution in [3.63, 3.8) is 0 Å². The minimum Gasteiger partial charge on any atom is -0.394 e. The van der Waals surface area contributed by atoms with Gasteiger partial charge in [0, 0.05) is 0 Å². The third-order valence-corrected chi connectivity index (χ3v) is 1.99. The summed E-state index contributed by atoms with van der Waals surface area (Å²) >= 11 is 0. The van der Waals surface area contributed by atoms with Crippen molar-refractivity contribution in [1.29, 1.82) is 0 Å². The van der Waals surface area contributed by atoms with Crippen molar-refractivity contribution < 1.29 is 35.4 Å². The standard InChI is InChI=1S/C6H12O7/c7-1-2-3(8)4(9)6(11,12)5(10)13-2/h2-5,7-12H,1H2/t2-,3+,4+,5+/m1/s1. The number of rotatable bonds is 1. The Bertz CT molecular complexity index is 182. The average molecular weight is 196 g/mol. The molecule has 0 aromatic heterocycles. The van der Waals surface area contributed by atoms with Crippen molar-refractivity contribution in [2.45, 2.75) is 30.4 Å². The molecule has 7 nitrogen and oxygen atoms in total. The largest absolute Gasteiger partial charge is 0.394 e. The van der Waals surface area contributed by atoms with Crippen LogP contribution < -0.4 is 0 Å². The van der Waals surface area contributed by atoms with Gasteiger partial charge in [-0.3, -0.25) is 0 Å². The first-order valence-electron chi connectivity index (χ1n) is 3.66. The van der Waals surface area contributed by atoms with E-state index in [1.807, 2.05) is 0 Å². The fraction of sp³-hybridized carbons (Fsp3) is 1.00. The second kappa shape index (κ2) is 3.46. The molecule has 0 amide bonds. The van der Waals surface area contributed by atoms with Gasteiger partial charge in [0.25, 0.3) is 0 Å². The van der Waals surface area contributed by atoms with E-state index in [2.05, 4.69) is 4.74 Å². The van der Waals surface area contributed by atoms with Crippen LogP contribution >= 0.6 is 0 Å². The zero-order chi connectivity index (χ0) is 10.2. The molecule has 1 fully saturated rings.